The quantitative estimate of drug-likeness (QED) is 0.657. The first-order valence-corrected chi connectivity index (χ1v) is 4.61. The van der Waals surface area contributed by atoms with E-state index in [1.165, 1.54) is 0 Å². The van der Waals surface area contributed by atoms with Crippen molar-refractivity contribution >= 4 is 0 Å². The average Bonchev–Trinajstić information content (AvgIpc) is 2.06. The van der Waals surface area contributed by atoms with Gasteiger partial charge >= 0.3 is 0 Å². The Morgan fingerprint density at radius 3 is 2.67 bits per heavy atom. The Morgan fingerprint density at radius 2 is 2.25 bits per heavy atom. The van der Waals surface area contributed by atoms with Crippen LogP contribution in [0.2, 0.25) is 0 Å². The molecule has 1 aliphatic heterocycles. The van der Waals surface area contributed by atoms with Gasteiger partial charge in [0.05, 0.1) is 0 Å². The van der Waals surface area contributed by atoms with Gasteiger partial charge < -0.3 is 11.1 Å². The van der Waals surface area contributed by atoms with Gasteiger partial charge in [0.15, 0.2) is 0 Å². The normalized spacial score (nSPS) is 32.0. The van der Waals surface area contributed by atoms with Crippen molar-refractivity contribution in [2.45, 2.75) is 32.4 Å². The van der Waals surface area contributed by atoms with Crippen LogP contribution in [0, 0.1) is 5.41 Å². The van der Waals surface area contributed by atoms with Crippen LogP contribution in [-0.4, -0.2) is 25.3 Å². The Balaban J connectivity index is 2.68. The summed E-state index contributed by atoms with van der Waals surface area (Å²) in [6, 6.07) is 0. The molecule has 2 nitrogen and oxygen atoms in total. The fraction of sp³-hybridized carbons (Fsp3) is 1.00. The first kappa shape index (κ1) is 9.93. The van der Waals surface area contributed by atoms with E-state index < -0.39 is 11.1 Å². The van der Waals surface area contributed by atoms with Gasteiger partial charge in [0.1, 0.15) is 5.67 Å². The van der Waals surface area contributed by atoms with Crippen molar-refractivity contribution in [2.75, 3.05) is 19.6 Å². The lowest BCUT2D eigenvalue weighted by atomic mass is 9.72. The van der Waals surface area contributed by atoms with Gasteiger partial charge in [0, 0.05) is 18.5 Å². The van der Waals surface area contributed by atoms with Gasteiger partial charge in [-0.05, 0) is 19.4 Å². The largest absolute Gasteiger partial charge is 0.330 e. The molecule has 1 heterocycles. The lowest BCUT2D eigenvalue weighted by molar-refractivity contribution is 0.000210. The summed E-state index contributed by atoms with van der Waals surface area (Å²) in [6.07, 6.45) is 1.56. The van der Waals surface area contributed by atoms with Gasteiger partial charge in [-0.15, -0.1) is 0 Å². The molecule has 0 aromatic carbocycles. The van der Waals surface area contributed by atoms with Gasteiger partial charge in [-0.3, -0.25) is 0 Å². The average molecular weight is 174 g/mol. The topological polar surface area (TPSA) is 38.0 Å². The summed E-state index contributed by atoms with van der Waals surface area (Å²) in [5, 5.41) is 3.09. The number of halogens is 1. The third-order valence-corrected chi connectivity index (χ3v) is 3.06. The van der Waals surface area contributed by atoms with Crippen LogP contribution in [0.25, 0.3) is 0 Å². The van der Waals surface area contributed by atoms with Gasteiger partial charge in [-0.2, -0.15) is 0 Å². The molecular formula is C9H19FN2. The summed E-state index contributed by atoms with van der Waals surface area (Å²) in [5.74, 6) is 0. The van der Waals surface area contributed by atoms with Gasteiger partial charge in [0.2, 0.25) is 0 Å². The van der Waals surface area contributed by atoms with Crippen molar-refractivity contribution in [3.05, 3.63) is 0 Å². The monoisotopic (exact) mass is 174 g/mol. The lowest BCUT2D eigenvalue weighted by Gasteiger charge is -2.42. The Morgan fingerprint density at radius 1 is 1.58 bits per heavy atom. The lowest BCUT2D eigenvalue weighted by Crippen LogP contribution is -2.54. The number of nitrogens with two attached hydrogens (primary N) is 1. The van der Waals surface area contributed by atoms with Crippen LogP contribution in [0.4, 0.5) is 4.39 Å². The van der Waals surface area contributed by atoms with Crippen LogP contribution < -0.4 is 11.1 Å². The number of alkyl halides is 1. The maximum Gasteiger partial charge on any atom is 0.129 e. The van der Waals surface area contributed by atoms with Crippen LogP contribution >= 0.6 is 0 Å². The summed E-state index contributed by atoms with van der Waals surface area (Å²) < 4.78 is 14.2. The molecule has 72 valence electrons. The smallest absolute Gasteiger partial charge is 0.129 e. The molecule has 1 rings (SSSR count). The zero-order valence-electron chi connectivity index (χ0n) is 7.99. The zero-order valence-corrected chi connectivity index (χ0v) is 7.99. The SMILES string of the molecule is CC(C)(CN)C1(F)CCCNC1. The molecule has 0 saturated carbocycles. The second-order valence-corrected chi connectivity index (χ2v) is 4.33. The number of hydrogen-bond donors (Lipinski definition) is 2. The highest BCUT2D eigenvalue weighted by Gasteiger charge is 2.45. The fourth-order valence-electron chi connectivity index (χ4n) is 1.63. The molecule has 0 bridgehead atoms. The zero-order chi connectivity index (χ0) is 9.24. The van der Waals surface area contributed by atoms with E-state index in [4.69, 9.17) is 5.73 Å². The molecule has 0 spiro atoms. The number of rotatable bonds is 2. The summed E-state index contributed by atoms with van der Waals surface area (Å²) in [4.78, 5) is 0. The summed E-state index contributed by atoms with van der Waals surface area (Å²) in [5.41, 5.74) is 4.04. The van der Waals surface area contributed by atoms with Crippen molar-refractivity contribution in [3.63, 3.8) is 0 Å². The minimum atomic E-state index is -1.11. The summed E-state index contributed by atoms with van der Waals surface area (Å²) in [7, 11) is 0. The summed E-state index contributed by atoms with van der Waals surface area (Å²) in [6.45, 7) is 5.61. The third kappa shape index (κ3) is 1.62. The second-order valence-electron chi connectivity index (χ2n) is 4.33. The highest BCUT2D eigenvalue weighted by molar-refractivity contribution is 4.98. The van der Waals surface area contributed by atoms with Crippen LogP contribution in [0.15, 0.2) is 0 Å². The van der Waals surface area contributed by atoms with E-state index in [1.54, 1.807) is 0 Å². The molecular weight excluding hydrogens is 155 g/mol. The van der Waals surface area contributed by atoms with Gasteiger partial charge in [0.25, 0.3) is 0 Å². The second kappa shape index (κ2) is 3.30. The predicted molar refractivity (Wildman–Crippen MR) is 48.8 cm³/mol. The highest BCUT2D eigenvalue weighted by atomic mass is 19.1. The number of nitrogens with one attached hydrogen (secondary N) is 1. The molecule has 0 aromatic heterocycles. The Kier molecular flexibility index (Phi) is 2.74. The third-order valence-electron chi connectivity index (χ3n) is 3.06. The van der Waals surface area contributed by atoms with Crippen LogP contribution in [0.3, 0.4) is 0 Å². The van der Waals surface area contributed by atoms with E-state index in [1.807, 2.05) is 13.8 Å². The van der Waals surface area contributed by atoms with E-state index in [0.29, 0.717) is 19.5 Å². The molecule has 12 heavy (non-hydrogen) atoms. The molecule has 1 fully saturated rings. The maximum absolute atomic E-state index is 14.2. The Hall–Kier alpha value is -0.150. The van der Waals surface area contributed by atoms with Crippen molar-refractivity contribution in [1.29, 1.82) is 0 Å². The van der Waals surface area contributed by atoms with Crippen LogP contribution in [-0.2, 0) is 0 Å². The van der Waals surface area contributed by atoms with E-state index in [2.05, 4.69) is 5.32 Å². The van der Waals surface area contributed by atoms with Crippen molar-refractivity contribution < 1.29 is 4.39 Å². The molecule has 0 aromatic rings. The molecule has 3 N–H and O–H groups in total. The van der Waals surface area contributed by atoms with Crippen LogP contribution in [0.1, 0.15) is 26.7 Å². The predicted octanol–water partition coefficient (Wildman–Crippen LogP) is 1.06. The molecule has 0 radical (unpaired) electrons. The van der Waals surface area contributed by atoms with Crippen LogP contribution in [0.5, 0.6) is 0 Å². The van der Waals surface area contributed by atoms with E-state index in [9.17, 15) is 4.39 Å². The number of piperidine rings is 1. The van der Waals surface area contributed by atoms with E-state index in [0.717, 1.165) is 13.0 Å². The molecule has 0 amide bonds. The minimum absolute atomic E-state index is 0.402. The maximum atomic E-state index is 14.2. The van der Waals surface area contributed by atoms with Gasteiger partial charge in [-0.1, -0.05) is 13.8 Å². The molecule has 1 atom stereocenters. The fourth-order valence-corrected chi connectivity index (χ4v) is 1.63. The van der Waals surface area contributed by atoms with E-state index >= 15 is 0 Å². The Bertz CT molecular complexity index is 151. The molecule has 0 aliphatic carbocycles. The van der Waals surface area contributed by atoms with Crippen molar-refractivity contribution in [2.24, 2.45) is 11.1 Å². The molecule has 1 unspecified atom stereocenters. The highest BCUT2D eigenvalue weighted by Crippen LogP contribution is 2.38. The Labute approximate surface area is 73.7 Å². The van der Waals surface area contributed by atoms with Crippen molar-refractivity contribution in [3.8, 4) is 0 Å². The molecule has 3 heteroatoms. The first-order chi connectivity index (χ1) is 5.52. The molecule has 1 saturated heterocycles. The summed E-state index contributed by atoms with van der Waals surface area (Å²) >= 11 is 0. The standard InChI is InChI=1S/C9H19FN2/c1-8(2,6-11)9(10)4-3-5-12-7-9/h12H,3-7,11H2,1-2H3. The minimum Gasteiger partial charge on any atom is -0.330 e. The van der Waals surface area contributed by atoms with Crippen molar-refractivity contribution in [1.82, 2.24) is 5.32 Å². The first-order valence-electron chi connectivity index (χ1n) is 4.61. The van der Waals surface area contributed by atoms with E-state index in [-0.39, 0.29) is 0 Å². The molecule has 1 aliphatic rings. The van der Waals surface area contributed by atoms with Gasteiger partial charge in [-0.25, -0.2) is 4.39 Å². The number of hydrogen-bond acceptors (Lipinski definition) is 2.